The van der Waals surface area contributed by atoms with Gasteiger partial charge >= 0.3 is 0 Å². The van der Waals surface area contributed by atoms with Crippen LogP contribution in [0.5, 0.6) is 0 Å². The molecule has 0 saturated carbocycles. The van der Waals surface area contributed by atoms with Gasteiger partial charge in [0.1, 0.15) is 11.4 Å². The normalized spacial score (nSPS) is 11.4. The summed E-state index contributed by atoms with van der Waals surface area (Å²) in [7, 11) is -3.67. The monoisotopic (exact) mass is 258 g/mol. The smallest absolute Gasteiger partial charge is 0.207 e. The van der Waals surface area contributed by atoms with Crippen LogP contribution in [-0.4, -0.2) is 25.8 Å². The summed E-state index contributed by atoms with van der Waals surface area (Å²) in [6.07, 6.45) is 0. The van der Waals surface area contributed by atoms with Crippen molar-refractivity contribution in [3.63, 3.8) is 0 Å². The summed E-state index contributed by atoms with van der Waals surface area (Å²) in [6, 6.07) is 8.01. The highest BCUT2D eigenvalue weighted by Gasteiger charge is 2.24. The van der Waals surface area contributed by atoms with Gasteiger partial charge in [0.15, 0.2) is 0 Å². The molecule has 0 aromatic heterocycles. The molecule has 4 nitrogen and oxygen atoms in total. The van der Waals surface area contributed by atoms with E-state index in [0.29, 0.717) is 0 Å². The SMILES string of the molecule is CCN(CC#N)S(=O)(=O)c1ccccc1Cl. The molecule has 1 aromatic rings. The molecule has 0 spiro atoms. The molecule has 0 aliphatic rings. The van der Waals surface area contributed by atoms with Gasteiger partial charge in [-0.3, -0.25) is 0 Å². The molecule has 0 aliphatic carbocycles. The third-order valence-corrected chi connectivity index (χ3v) is 4.47. The molecule has 0 N–H and O–H groups in total. The third kappa shape index (κ3) is 2.53. The molecule has 1 rings (SSSR count). The van der Waals surface area contributed by atoms with Crippen molar-refractivity contribution < 1.29 is 8.42 Å². The molecule has 1 aromatic carbocycles. The highest BCUT2D eigenvalue weighted by molar-refractivity contribution is 7.89. The van der Waals surface area contributed by atoms with E-state index in [1.807, 2.05) is 6.07 Å². The van der Waals surface area contributed by atoms with Gasteiger partial charge in [-0.05, 0) is 12.1 Å². The number of halogens is 1. The summed E-state index contributed by atoms with van der Waals surface area (Å²) in [5.74, 6) is 0. The maximum Gasteiger partial charge on any atom is 0.245 e. The van der Waals surface area contributed by atoms with Crippen LogP contribution >= 0.6 is 11.6 Å². The summed E-state index contributed by atoms with van der Waals surface area (Å²) < 4.78 is 25.2. The lowest BCUT2D eigenvalue weighted by Gasteiger charge is -2.17. The van der Waals surface area contributed by atoms with Crippen LogP contribution in [0.1, 0.15) is 6.92 Å². The highest BCUT2D eigenvalue weighted by Crippen LogP contribution is 2.23. The maximum atomic E-state index is 12.1. The molecule has 0 aliphatic heterocycles. The quantitative estimate of drug-likeness (QED) is 0.775. The van der Waals surface area contributed by atoms with Crippen molar-refractivity contribution >= 4 is 21.6 Å². The fraction of sp³-hybridized carbons (Fsp3) is 0.300. The molecule has 86 valence electrons. The Balaban J connectivity index is 3.22. The van der Waals surface area contributed by atoms with Gasteiger partial charge in [-0.1, -0.05) is 30.7 Å². The fourth-order valence-corrected chi connectivity index (χ4v) is 3.08. The zero-order chi connectivity index (χ0) is 12.2. The third-order valence-electron chi connectivity index (χ3n) is 2.05. The summed E-state index contributed by atoms with van der Waals surface area (Å²) in [4.78, 5) is 0.0359. The van der Waals surface area contributed by atoms with Crippen LogP contribution in [0.25, 0.3) is 0 Å². The van der Waals surface area contributed by atoms with Crippen molar-refractivity contribution in [3.8, 4) is 6.07 Å². The van der Waals surface area contributed by atoms with Crippen LogP contribution < -0.4 is 0 Å². The Morgan fingerprint density at radius 1 is 1.44 bits per heavy atom. The molecular weight excluding hydrogens is 248 g/mol. The van der Waals surface area contributed by atoms with E-state index >= 15 is 0 Å². The number of nitrogens with zero attached hydrogens (tertiary/aromatic N) is 2. The first-order chi connectivity index (χ1) is 7.54. The molecule has 6 heteroatoms. The first kappa shape index (κ1) is 13.0. The number of rotatable bonds is 4. The first-order valence-corrected chi connectivity index (χ1v) is 6.47. The Bertz CT molecular complexity index is 508. The molecule has 0 fully saturated rings. The van der Waals surface area contributed by atoms with Gasteiger partial charge in [0.05, 0.1) is 11.1 Å². The minimum atomic E-state index is -3.67. The molecule has 0 radical (unpaired) electrons. The molecule has 0 unspecified atom stereocenters. The Morgan fingerprint density at radius 2 is 2.06 bits per heavy atom. The van der Waals surface area contributed by atoms with Gasteiger partial charge in [0, 0.05) is 6.54 Å². The maximum absolute atomic E-state index is 12.1. The van der Waals surface area contributed by atoms with Gasteiger partial charge in [-0.15, -0.1) is 0 Å². The largest absolute Gasteiger partial charge is 0.245 e. The van der Waals surface area contributed by atoms with Crippen LogP contribution in [0.2, 0.25) is 5.02 Å². The summed E-state index contributed by atoms with van der Waals surface area (Å²) in [5.41, 5.74) is 0. The van der Waals surface area contributed by atoms with E-state index in [2.05, 4.69) is 0 Å². The molecule has 0 bridgehead atoms. The lowest BCUT2D eigenvalue weighted by Crippen LogP contribution is -2.31. The van der Waals surface area contributed by atoms with Crippen molar-refractivity contribution in [1.82, 2.24) is 4.31 Å². The minimum absolute atomic E-state index is 0.0359. The molecule has 0 amide bonds. The number of hydrogen-bond donors (Lipinski definition) is 0. The summed E-state index contributed by atoms with van der Waals surface area (Å²) >= 11 is 5.82. The molecule has 0 saturated heterocycles. The topological polar surface area (TPSA) is 61.2 Å². The van der Waals surface area contributed by atoms with E-state index in [4.69, 9.17) is 16.9 Å². The van der Waals surface area contributed by atoms with Crippen LogP contribution in [0.15, 0.2) is 29.2 Å². The van der Waals surface area contributed by atoms with E-state index in [1.54, 1.807) is 19.1 Å². The molecular formula is C10H11ClN2O2S. The van der Waals surface area contributed by atoms with E-state index in [-0.39, 0.29) is 23.0 Å². The van der Waals surface area contributed by atoms with Gasteiger partial charge in [0.2, 0.25) is 10.0 Å². The van der Waals surface area contributed by atoms with E-state index in [1.165, 1.54) is 12.1 Å². The van der Waals surface area contributed by atoms with Crippen molar-refractivity contribution in [1.29, 1.82) is 5.26 Å². The number of hydrogen-bond acceptors (Lipinski definition) is 3. The fourth-order valence-electron chi connectivity index (χ4n) is 1.24. The zero-order valence-corrected chi connectivity index (χ0v) is 10.3. The van der Waals surface area contributed by atoms with Gasteiger partial charge < -0.3 is 0 Å². The minimum Gasteiger partial charge on any atom is -0.207 e. The Labute approximate surface area is 100 Å². The van der Waals surface area contributed by atoms with Crippen molar-refractivity contribution in [2.45, 2.75) is 11.8 Å². The Hall–Kier alpha value is -1.09. The predicted octanol–water partition coefficient (Wildman–Crippen LogP) is 1.87. The van der Waals surface area contributed by atoms with Crippen molar-refractivity contribution in [3.05, 3.63) is 29.3 Å². The van der Waals surface area contributed by atoms with Crippen LogP contribution in [0.3, 0.4) is 0 Å². The Morgan fingerprint density at radius 3 is 2.56 bits per heavy atom. The summed E-state index contributed by atoms with van der Waals surface area (Å²) in [6.45, 7) is 1.73. The van der Waals surface area contributed by atoms with E-state index in [9.17, 15) is 8.42 Å². The molecule has 0 heterocycles. The second kappa shape index (κ2) is 5.30. The zero-order valence-electron chi connectivity index (χ0n) is 8.72. The van der Waals surface area contributed by atoms with E-state index < -0.39 is 10.0 Å². The lowest BCUT2D eigenvalue weighted by atomic mass is 10.4. The van der Waals surface area contributed by atoms with Gasteiger partial charge in [0.25, 0.3) is 0 Å². The van der Waals surface area contributed by atoms with Gasteiger partial charge in [-0.25, -0.2) is 8.42 Å². The summed E-state index contributed by atoms with van der Waals surface area (Å²) in [5, 5.41) is 8.72. The van der Waals surface area contributed by atoms with Crippen molar-refractivity contribution in [2.75, 3.05) is 13.1 Å². The van der Waals surface area contributed by atoms with Crippen molar-refractivity contribution in [2.24, 2.45) is 0 Å². The average Bonchev–Trinajstić information content (AvgIpc) is 2.26. The van der Waals surface area contributed by atoms with Crippen LogP contribution in [-0.2, 0) is 10.0 Å². The van der Waals surface area contributed by atoms with Crippen LogP contribution in [0, 0.1) is 11.3 Å². The average molecular weight is 259 g/mol. The number of nitriles is 1. The number of sulfonamides is 1. The lowest BCUT2D eigenvalue weighted by molar-refractivity contribution is 0.462. The molecule has 0 atom stereocenters. The highest BCUT2D eigenvalue weighted by atomic mass is 35.5. The first-order valence-electron chi connectivity index (χ1n) is 4.65. The van der Waals surface area contributed by atoms with Gasteiger partial charge in [-0.2, -0.15) is 9.57 Å². The Kier molecular flexibility index (Phi) is 4.30. The molecule has 16 heavy (non-hydrogen) atoms. The van der Waals surface area contributed by atoms with Crippen LogP contribution in [0.4, 0.5) is 0 Å². The standard InChI is InChI=1S/C10H11ClN2O2S/c1-2-13(8-7-12)16(14,15)10-6-4-3-5-9(10)11/h3-6H,2,8H2,1H3. The van der Waals surface area contributed by atoms with E-state index in [0.717, 1.165) is 4.31 Å². The number of benzene rings is 1. The second-order valence-corrected chi connectivity index (χ2v) is 5.33. The predicted molar refractivity (Wildman–Crippen MR) is 61.5 cm³/mol. The second-order valence-electron chi connectivity index (χ2n) is 3.02.